The Morgan fingerprint density at radius 2 is 1.80 bits per heavy atom. The molecular weight excluding hydrogens is 260 g/mol. The van der Waals surface area contributed by atoms with Gasteiger partial charge >= 0.3 is 5.69 Å². The van der Waals surface area contributed by atoms with Crippen LogP contribution in [0.4, 0.5) is 11.6 Å². The van der Waals surface area contributed by atoms with Crippen molar-refractivity contribution in [2.45, 2.75) is 0 Å². The van der Waals surface area contributed by atoms with Gasteiger partial charge in [0.2, 0.25) is 5.88 Å². The standard InChI is InChI=1S/C13H12N4O3/c1-16-10-9(12(18)17(2)13(16)19)11(20-15-10)14-8-6-4-3-5-7-8/h3-7,14H,1-2H3. The molecule has 3 aromatic rings. The van der Waals surface area contributed by atoms with Crippen LogP contribution in [0.15, 0.2) is 44.4 Å². The molecule has 0 fully saturated rings. The first-order valence-corrected chi connectivity index (χ1v) is 5.97. The molecular formula is C13H12N4O3. The molecule has 1 N–H and O–H groups in total. The molecule has 0 spiro atoms. The number of aromatic nitrogens is 3. The molecule has 0 radical (unpaired) electrons. The third kappa shape index (κ3) is 1.71. The van der Waals surface area contributed by atoms with Gasteiger partial charge in [0.1, 0.15) is 5.39 Å². The van der Waals surface area contributed by atoms with E-state index in [1.165, 1.54) is 11.6 Å². The monoisotopic (exact) mass is 272 g/mol. The Bertz CT molecular complexity index is 890. The van der Waals surface area contributed by atoms with Gasteiger partial charge in [0.15, 0.2) is 5.65 Å². The van der Waals surface area contributed by atoms with Crippen LogP contribution in [0.1, 0.15) is 0 Å². The summed E-state index contributed by atoms with van der Waals surface area (Å²) in [5.74, 6) is 0.224. The predicted molar refractivity (Wildman–Crippen MR) is 74.2 cm³/mol. The number of hydrogen-bond donors (Lipinski definition) is 1. The summed E-state index contributed by atoms with van der Waals surface area (Å²) in [7, 11) is 2.96. The minimum atomic E-state index is -0.443. The number of benzene rings is 1. The molecule has 7 heteroatoms. The molecule has 0 saturated carbocycles. The van der Waals surface area contributed by atoms with Crippen molar-refractivity contribution in [2.24, 2.45) is 14.1 Å². The van der Waals surface area contributed by atoms with Crippen molar-refractivity contribution < 1.29 is 4.52 Å². The zero-order valence-electron chi connectivity index (χ0n) is 11.0. The Morgan fingerprint density at radius 3 is 2.50 bits per heavy atom. The minimum Gasteiger partial charge on any atom is -0.335 e. The van der Waals surface area contributed by atoms with E-state index in [-0.39, 0.29) is 16.9 Å². The van der Waals surface area contributed by atoms with Crippen molar-refractivity contribution in [3.05, 3.63) is 51.2 Å². The molecule has 0 bridgehead atoms. The molecule has 20 heavy (non-hydrogen) atoms. The number of fused-ring (bicyclic) bond motifs is 1. The lowest BCUT2D eigenvalue weighted by Gasteiger charge is -2.03. The van der Waals surface area contributed by atoms with Crippen molar-refractivity contribution in [3.8, 4) is 0 Å². The van der Waals surface area contributed by atoms with Crippen LogP contribution < -0.4 is 16.6 Å². The smallest absolute Gasteiger partial charge is 0.332 e. The fourth-order valence-corrected chi connectivity index (χ4v) is 2.01. The highest BCUT2D eigenvalue weighted by Gasteiger charge is 2.18. The molecule has 0 aliphatic rings. The van der Waals surface area contributed by atoms with Gasteiger partial charge in [-0.3, -0.25) is 13.9 Å². The third-order valence-corrected chi connectivity index (χ3v) is 3.12. The van der Waals surface area contributed by atoms with E-state index < -0.39 is 11.2 Å². The highest BCUT2D eigenvalue weighted by molar-refractivity contribution is 5.87. The number of para-hydroxylation sites is 1. The number of aryl methyl sites for hydroxylation is 1. The van der Waals surface area contributed by atoms with Crippen LogP contribution in [-0.4, -0.2) is 14.3 Å². The lowest BCUT2D eigenvalue weighted by atomic mass is 10.3. The maximum atomic E-state index is 12.2. The maximum Gasteiger partial charge on any atom is 0.332 e. The summed E-state index contributed by atoms with van der Waals surface area (Å²) < 4.78 is 7.45. The molecule has 2 heterocycles. The summed E-state index contributed by atoms with van der Waals surface area (Å²) in [5.41, 5.74) is 0.0998. The van der Waals surface area contributed by atoms with Gasteiger partial charge in [0.25, 0.3) is 5.56 Å². The van der Waals surface area contributed by atoms with Crippen LogP contribution in [0.2, 0.25) is 0 Å². The van der Waals surface area contributed by atoms with E-state index in [0.29, 0.717) is 0 Å². The minimum absolute atomic E-state index is 0.219. The molecule has 0 atom stereocenters. The van der Waals surface area contributed by atoms with Gasteiger partial charge in [-0.05, 0) is 12.1 Å². The first kappa shape index (κ1) is 12.2. The summed E-state index contributed by atoms with van der Waals surface area (Å²) in [6.45, 7) is 0. The van der Waals surface area contributed by atoms with Crippen molar-refractivity contribution in [3.63, 3.8) is 0 Å². The van der Waals surface area contributed by atoms with Crippen LogP contribution >= 0.6 is 0 Å². The quantitative estimate of drug-likeness (QED) is 0.751. The van der Waals surface area contributed by atoms with Crippen LogP contribution in [0, 0.1) is 0 Å². The largest absolute Gasteiger partial charge is 0.335 e. The van der Waals surface area contributed by atoms with E-state index in [0.717, 1.165) is 10.3 Å². The highest BCUT2D eigenvalue weighted by atomic mass is 16.5. The average molecular weight is 272 g/mol. The predicted octanol–water partition coefficient (Wildman–Crippen LogP) is 0.969. The maximum absolute atomic E-state index is 12.2. The lowest BCUT2D eigenvalue weighted by molar-refractivity contribution is 0.439. The number of nitrogens with zero attached hydrogens (tertiary/aromatic N) is 3. The molecule has 0 saturated heterocycles. The molecule has 0 amide bonds. The van der Waals surface area contributed by atoms with Crippen molar-refractivity contribution in [1.29, 1.82) is 0 Å². The third-order valence-electron chi connectivity index (χ3n) is 3.12. The number of anilines is 2. The zero-order valence-corrected chi connectivity index (χ0v) is 11.0. The van der Waals surface area contributed by atoms with E-state index in [9.17, 15) is 9.59 Å². The van der Waals surface area contributed by atoms with Gasteiger partial charge in [-0.2, -0.15) is 0 Å². The second kappa shape index (κ2) is 4.37. The van der Waals surface area contributed by atoms with Gasteiger partial charge < -0.3 is 9.84 Å². The van der Waals surface area contributed by atoms with E-state index >= 15 is 0 Å². The number of rotatable bonds is 2. The summed E-state index contributed by atoms with van der Waals surface area (Å²) >= 11 is 0. The van der Waals surface area contributed by atoms with E-state index in [2.05, 4.69) is 10.5 Å². The van der Waals surface area contributed by atoms with Gasteiger partial charge in [-0.1, -0.05) is 23.4 Å². The summed E-state index contributed by atoms with van der Waals surface area (Å²) in [4.78, 5) is 24.0. The van der Waals surface area contributed by atoms with Crippen LogP contribution in [0.5, 0.6) is 0 Å². The fourth-order valence-electron chi connectivity index (χ4n) is 2.01. The number of hydrogen-bond acceptors (Lipinski definition) is 5. The average Bonchev–Trinajstić information content (AvgIpc) is 2.88. The fraction of sp³-hybridized carbons (Fsp3) is 0.154. The van der Waals surface area contributed by atoms with Crippen LogP contribution in [0.25, 0.3) is 11.0 Å². The Kier molecular flexibility index (Phi) is 2.67. The van der Waals surface area contributed by atoms with Crippen LogP contribution in [0.3, 0.4) is 0 Å². The first-order valence-electron chi connectivity index (χ1n) is 5.97. The molecule has 3 rings (SSSR count). The Hall–Kier alpha value is -2.83. The summed E-state index contributed by atoms with van der Waals surface area (Å²) in [6, 6.07) is 9.26. The zero-order chi connectivity index (χ0) is 14.3. The summed E-state index contributed by atoms with van der Waals surface area (Å²) in [6.07, 6.45) is 0. The van der Waals surface area contributed by atoms with E-state index in [1.807, 2.05) is 30.3 Å². The topological polar surface area (TPSA) is 82.1 Å². The molecule has 0 aliphatic carbocycles. The molecule has 102 valence electrons. The van der Waals surface area contributed by atoms with Gasteiger partial charge in [0, 0.05) is 19.8 Å². The SMILES string of the molecule is Cn1c(=O)c2c(Nc3ccccc3)onc2n(C)c1=O. The van der Waals surface area contributed by atoms with Gasteiger partial charge in [-0.15, -0.1) is 0 Å². The summed E-state index contributed by atoms with van der Waals surface area (Å²) in [5, 5.41) is 7.02. The second-order valence-electron chi connectivity index (χ2n) is 4.41. The van der Waals surface area contributed by atoms with Crippen molar-refractivity contribution >= 4 is 22.6 Å². The Morgan fingerprint density at radius 1 is 1.10 bits per heavy atom. The van der Waals surface area contributed by atoms with Crippen molar-refractivity contribution in [1.82, 2.24) is 14.3 Å². The van der Waals surface area contributed by atoms with Crippen molar-refractivity contribution in [2.75, 3.05) is 5.32 Å². The molecule has 1 aromatic carbocycles. The number of nitrogens with one attached hydrogen (secondary N) is 1. The molecule has 0 unspecified atom stereocenters. The van der Waals surface area contributed by atoms with Crippen LogP contribution in [-0.2, 0) is 14.1 Å². The Labute approximate surface area is 113 Å². The van der Waals surface area contributed by atoms with Gasteiger partial charge in [0.05, 0.1) is 0 Å². The van der Waals surface area contributed by atoms with E-state index in [1.54, 1.807) is 7.05 Å². The lowest BCUT2D eigenvalue weighted by Crippen LogP contribution is -2.36. The van der Waals surface area contributed by atoms with E-state index in [4.69, 9.17) is 4.52 Å². The van der Waals surface area contributed by atoms with Gasteiger partial charge in [-0.25, -0.2) is 4.79 Å². The highest BCUT2D eigenvalue weighted by Crippen LogP contribution is 2.22. The molecule has 2 aromatic heterocycles. The first-order chi connectivity index (χ1) is 9.59. The second-order valence-corrected chi connectivity index (χ2v) is 4.41. The molecule has 7 nitrogen and oxygen atoms in total. The normalized spacial score (nSPS) is 10.9. The Balaban J connectivity index is 2.24. The molecule has 0 aliphatic heterocycles.